The van der Waals surface area contributed by atoms with Crippen LogP contribution in [0.4, 0.5) is 10.1 Å². The Bertz CT molecular complexity index is 402. The first kappa shape index (κ1) is 13.9. The fourth-order valence-electron chi connectivity index (χ4n) is 2.05. The van der Waals surface area contributed by atoms with E-state index in [0.717, 1.165) is 18.5 Å². The molecule has 1 aromatic carbocycles. The highest BCUT2D eigenvalue weighted by atomic mass is 32.1. The average molecular weight is 254 g/mol. The molecule has 0 aliphatic carbocycles. The molecule has 4 heteroatoms. The lowest BCUT2D eigenvalue weighted by Gasteiger charge is -2.30. The summed E-state index contributed by atoms with van der Waals surface area (Å²) in [5.74, 6) is -0.311. The highest BCUT2D eigenvalue weighted by Gasteiger charge is 2.16. The van der Waals surface area contributed by atoms with Crippen LogP contribution in [0.1, 0.15) is 32.3 Å². The molecule has 0 heterocycles. The monoisotopic (exact) mass is 254 g/mol. The fraction of sp³-hybridized carbons (Fsp3) is 0.462. The Morgan fingerprint density at radius 1 is 1.41 bits per heavy atom. The molecular formula is C13H19FN2S. The largest absolute Gasteiger partial charge is 0.389 e. The maximum Gasteiger partial charge on any atom is 0.124 e. The van der Waals surface area contributed by atoms with Crippen LogP contribution < -0.4 is 10.6 Å². The Morgan fingerprint density at radius 2 is 2.00 bits per heavy atom. The first-order valence-corrected chi connectivity index (χ1v) is 6.24. The molecule has 2 nitrogen and oxygen atoms in total. The van der Waals surface area contributed by atoms with Crippen LogP contribution in [0.3, 0.4) is 0 Å². The van der Waals surface area contributed by atoms with Gasteiger partial charge in [0, 0.05) is 24.3 Å². The Hall–Kier alpha value is -1.16. The summed E-state index contributed by atoms with van der Waals surface area (Å²) in [7, 11) is 1.99. The van der Waals surface area contributed by atoms with Crippen LogP contribution in [0.2, 0.25) is 0 Å². The molecule has 0 atom stereocenters. The summed E-state index contributed by atoms with van der Waals surface area (Å²) >= 11 is 4.97. The average Bonchev–Trinajstić information content (AvgIpc) is 2.30. The predicted molar refractivity (Wildman–Crippen MR) is 75.1 cm³/mol. The summed E-state index contributed by atoms with van der Waals surface area (Å²) in [4.78, 5) is 2.35. The fourth-order valence-corrected chi connectivity index (χ4v) is 2.21. The minimum Gasteiger partial charge on any atom is -0.389 e. The lowest BCUT2D eigenvalue weighted by Crippen LogP contribution is -2.32. The summed E-state index contributed by atoms with van der Waals surface area (Å²) in [5.41, 5.74) is 7.14. The van der Waals surface area contributed by atoms with Crippen LogP contribution in [0, 0.1) is 5.82 Å². The number of thiocarbonyl (C=S) groups is 1. The van der Waals surface area contributed by atoms with E-state index in [1.165, 1.54) is 12.1 Å². The van der Waals surface area contributed by atoms with E-state index in [1.54, 1.807) is 6.07 Å². The molecule has 0 aliphatic rings. The quantitative estimate of drug-likeness (QED) is 0.819. The van der Waals surface area contributed by atoms with Crippen molar-refractivity contribution in [1.82, 2.24) is 0 Å². The number of hydrogen-bond acceptors (Lipinski definition) is 2. The Morgan fingerprint density at radius 3 is 2.47 bits per heavy atom. The van der Waals surface area contributed by atoms with Gasteiger partial charge in [-0.05, 0) is 31.0 Å². The topological polar surface area (TPSA) is 29.3 Å². The zero-order valence-electron chi connectivity index (χ0n) is 10.5. The van der Waals surface area contributed by atoms with Gasteiger partial charge in [0.2, 0.25) is 0 Å². The van der Waals surface area contributed by atoms with E-state index in [-0.39, 0.29) is 10.8 Å². The summed E-state index contributed by atoms with van der Waals surface area (Å²) in [6.07, 6.45) is 2.06. The van der Waals surface area contributed by atoms with Crippen molar-refractivity contribution in [2.45, 2.75) is 32.7 Å². The van der Waals surface area contributed by atoms with Crippen LogP contribution in [0.5, 0.6) is 0 Å². The molecule has 0 radical (unpaired) electrons. The predicted octanol–water partition coefficient (Wildman–Crippen LogP) is 3.08. The third-order valence-corrected chi connectivity index (χ3v) is 3.31. The van der Waals surface area contributed by atoms with Gasteiger partial charge in [0.1, 0.15) is 10.8 Å². The molecule has 0 aromatic heterocycles. The van der Waals surface area contributed by atoms with E-state index < -0.39 is 0 Å². The zero-order chi connectivity index (χ0) is 13.0. The number of nitrogens with zero attached hydrogens (tertiary/aromatic N) is 1. The number of benzene rings is 1. The highest BCUT2D eigenvalue weighted by molar-refractivity contribution is 7.80. The lowest BCUT2D eigenvalue weighted by atomic mass is 10.1. The third-order valence-electron chi connectivity index (χ3n) is 3.09. The minimum absolute atomic E-state index is 0.234. The molecule has 0 unspecified atom stereocenters. The smallest absolute Gasteiger partial charge is 0.124 e. The van der Waals surface area contributed by atoms with Crippen molar-refractivity contribution in [3.05, 3.63) is 29.6 Å². The van der Waals surface area contributed by atoms with Crippen molar-refractivity contribution in [2.24, 2.45) is 5.73 Å². The standard InChI is InChI=1S/C13H19FN2S/c1-4-10(5-2)16(3)12-7-6-9(14)8-11(12)13(15)17/h6-8,10H,4-5H2,1-3H3,(H2,15,17). The molecular weight excluding hydrogens is 235 g/mol. The molecule has 0 fully saturated rings. The summed E-state index contributed by atoms with van der Waals surface area (Å²) < 4.78 is 13.2. The maximum absolute atomic E-state index is 13.2. The molecule has 0 bridgehead atoms. The molecule has 0 amide bonds. The van der Waals surface area contributed by atoms with Crippen molar-refractivity contribution in [3.63, 3.8) is 0 Å². The van der Waals surface area contributed by atoms with E-state index in [9.17, 15) is 4.39 Å². The van der Waals surface area contributed by atoms with Gasteiger partial charge >= 0.3 is 0 Å². The van der Waals surface area contributed by atoms with Crippen LogP contribution >= 0.6 is 12.2 Å². The Labute approximate surface area is 108 Å². The Kier molecular flexibility index (Phi) is 4.87. The molecule has 94 valence electrons. The number of halogens is 1. The molecule has 0 spiro atoms. The van der Waals surface area contributed by atoms with E-state index >= 15 is 0 Å². The van der Waals surface area contributed by atoms with Gasteiger partial charge in [-0.25, -0.2) is 4.39 Å². The molecule has 0 saturated carbocycles. The second kappa shape index (κ2) is 5.96. The molecule has 17 heavy (non-hydrogen) atoms. The number of anilines is 1. The van der Waals surface area contributed by atoms with Crippen LogP contribution in [0.25, 0.3) is 0 Å². The molecule has 2 N–H and O–H groups in total. The van der Waals surface area contributed by atoms with Gasteiger partial charge in [-0.2, -0.15) is 0 Å². The molecule has 1 aromatic rings. The van der Waals surface area contributed by atoms with Crippen molar-refractivity contribution in [3.8, 4) is 0 Å². The summed E-state index contributed by atoms with van der Waals surface area (Å²) in [5, 5.41) is 0. The second-order valence-electron chi connectivity index (χ2n) is 4.11. The normalized spacial score (nSPS) is 10.6. The van der Waals surface area contributed by atoms with Gasteiger partial charge in [-0.1, -0.05) is 26.1 Å². The zero-order valence-corrected chi connectivity index (χ0v) is 11.4. The van der Waals surface area contributed by atoms with E-state index in [4.69, 9.17) is 18.0 Å². The maximum atomic E-state index is 13.2. The van der Waals surface area contributed by atoms with Gasteiger partial charge < -0.3 is 10.6 Å². The van der Waals surface area contributed by atoms with Crippen LogP contribution in [-0.2, 0) is 0 Å². The number of hydrogen-bond donors (Lipinski definition) is 1. The van der Waals surface area contributed by atoms with Crippen LogP contribution in [-0.4, -0.2) is 18.1 Å². The van der Waals surface area contributed by atoms with Crippen molar-refractivity contribution < 1.29 is 4.39 Å². The van der Waals surface area contributed by atoms with Crippen molar-refractivity contribution >= 4 is 22.9 Å². The summed E-state index contributed by atoms with van der Waals surface area (Å²) in [6, 6.07) is 4.99. The molecule has 0 aliphatic heterocycles. The van der Waals surface area contributed by atoms with E-state index in [2.05, 4.69) is 18.7 Å². The van der Waals surface area contributed by atoms with Crippen LogP contribution in [0.15, 0.2) is 18.2 Å². The minimum atomic E-state index is -0.311. The summed E-state index contributed by atoms with van der Waals surface area (Å²) in [6.45, 7) is 4.27. The second-order valence-corrected chi connectivity index (χ2v) is 4.55. The highest BCUT2D eigenvalue weighted by Crippen LogP contribution is 2.24. The third kappa shape index (κ3) is 3.16. The van der Waals surface area contributed by atoms with E-state index in [0.29, 0.717) is 11.6 Å². The SMILES string of the molecule is CCC(CC)N(C)c1ccc(F)cc1C(N)=S. The number of nitrogens with two attached hydrogens (primary N) is 1. The van der Waals surface area contributed by atoms with Gasteiger partial charge in [-0.3, -0.25) is 0 Å². The first-order chi connectivity index (χ1) is 8.01. The van der Waals surface area contributed by atoms with Crippen molar-refractivity contribution in [1.29, 1.82) is 0 Å². The van der Waals surface area contributed by atoms with Gasteiger partial charge in [-0.15, -0.1) is 0 Å². The van der Waals surface area contributed by atoms with Crippen molar-refractivity contribution in [2.75, 3.05) is 11.9 Å². The Balaban J connectivity index is 3.16. The van der Waals surface area contributed by atoms with Gasteiger partial charge in [0.15, 0.2) is 0 Å². The van der Waals surface area contributed by atoms with E-state index in [1.807, 2.05) is 7.05 Å². The van der Waals surface area contributed by atoms with Gasteiger partial charge in [0.25, 0.3) is 0 Å². The number of rotatable bonds is 5. The molecule has 1 rings (SSSR count). The van der Waals surface area contributed by atoms with Gasteiger partial charge in [0.05, 0.1) is 0 Å². The first-order valence-electron chi connectivity index (χ1n) is 5.83. The molecule has 0 saturated heterocycles. The lowest BCUT2D eigenvalue weighted by molar-refractivity contribution is 0.589.